The van der Waals surface area contributed by atoms with Gasteiger partial charge in [0.05, 0.1) is 30.8 Å². The number of hydrogen-bond donors (Lipinski definition) is 1. The van der Waals surface area contributed by atoms with Crippen molar-refractivity contribution >= 4 is 27.8 Å². The van der Waals surface area contributed by atoms with Gasteiger partial charge in [-0.3, -0.25) is 9.59 Å². The molecule has 150 valence electrons. The van der Waals surface area contributed by atoms with Crippen LogP contribution < -0.4 is 5.32 Å². The maximum atomic E-state index is 12.8. The quantitative estimate of drug-likeness (QED) is 0.571. The Morgan fingerprint density at radius 2 is 2.00 bits per heavy atom. The van der Waals surface area contributed by atoms with E-state index in [1.54, 1.807) is 16.8 Å². The molecule has 0 radical (unpaired) electrons. The summed E-state index contributed by atoms with van der Waals surface area (Å²) in [5.41, 5.74) is 3.04. The molecule has 1 N–H and O–H groups in total. The third kappa shape index (κ3) is 5.08. The third-order valence-corrected chi connectivity index (χ3v) is 4.88. The first-order valence-electron chi connectivity index (χ1n) is 9.00. The monoisotopic (exact) mass is 456 g/mol. The molecule has 0 aliphatic rings. The molecule has 0 saturated heterocycles. The maximum absolute atomic E-state index is 12.8. The number of aryl methyl sites for hydroxylation is 2. The fourth-order valence-corrected chi connectivity index (χ4v) is 3.39. The number of benzene rings is 1. The van der Waals surface area contributed by atoms with Crippen molar-refractivity contribution in [2.45, 2.75) is 26.3 Å². The molecule has 0 spiro atoms. The van der Waals surface area contributed by atoms with Crippen molar-refractivity contribution in [3.05, 3.63) is 75.6 Å². The molecule has 0 saturated carbocycles. The second kappa shape index (κ2) is 9.00. The molecular weight excluding hydrogens is 436 g/mol. The summed E-state index contributed by atoms with van der Waals surface area (Å²) < 4.78 is 7.35. The highest BCUT2D eigenvalue weighted by atomic mass is 79.9. The Morgan fingerprint density at radius 1 is 1.21 bits per heavy atom. The zero-order valence-electron chi connectivity index (χ0n) is 16.3. The van der Waals surface area contributed by atoms with E-state index in [0.717, 1.165) is 21.4 Å². The number of amides is 1. The van der Waals surface area contributed by atoms with Gasteiger partial charge in [0, 0.05) is 16.4 Å². The molecule has 0 bridgehead atoms. The van der Waals surface area contributed by atoms with Crippen molar-refractivity contribution in [1.82, 2.24) is 20.1 Å². The summed E-state index contributed by atoms with van der Waals surface area (Å²) >= 11 is 3.42. The number of aromatic nitrogens is 3. The Labute approximate surface area is 177 Å². The first kappa shape index (κ1) is 20.7. The van der Waals surface area contributed by atoms with Crippen LogP contribution in [0.25, 0.3) is 5.82 Å². The van der Waals surface area contributed by atoms with Gasteiger partial charge in [0.1, 0.15) is 0 Å². The predicted octanol–water partition coefficient (Wildman–Crippen LogP) is 3.68. The molecule has 2 aromatic heterocycles. The van der Waals surface area contributed by atoms with Gasteiger partial charge in [-0.1, -0.05) is 28.1 Å². The fraction of sp³-hybridized carbons (Fsp3) is 0.238. The number of carbonyl (C=O) groups is 2. The molecule has 0 aliphatic heterocycles. The van der Waals surface area contributed by atoms with E-state index in [0.29, 0.717) is 11.4 Å². The van der Waals surface area contributed by atoms with Gasteiger partial charge in [0.15, 0.2) is 5.82 Å². The van der Waals surface area contributed by atoms with Crippen molar-refractivity contribution in [1.29, 1.82) is 0 Å². The molecule has 8 heteroatoms. The molecule has 7 nitrogen and oxygen atoms in total. The van der Waals surface area contributed by atoms with Gasteiger partial charge in [-0.15, -0.1) is 0 Å². The summed E-state index contributed by atoms with van der Waals surface area (Å²) in [7, 11) is 1.32. The van der Waals surface area contributed by atoms with Gasteiger partial charge in [-0.25, -0.2) is 9.67 Å². The van der Waals surface area contributed by atoms with E-state index in [2.05, 4.69) is 31.3 Å². The van der Waals surface area contributed by atoms with Crippen molar-refractivity contribution < 1.29 is 14.3 Å². The van der Waals surface area contributed by atoms with Gasteiger partial charge in [-0.05, 0) is 49.7 Å². The van der Waals surface area contributed by atoms with Crippen LogP contribution in [0.15, 0.2) is 53.1 Å². The van der Waals surface area contributed by atoms with Gasteiger partial charge >= 0.3 is 5.97 Å². The summed E-state index contributed by atoms with van der Waals surface area (Å²) in [6.45, 7) is 3.85. The SMILES string of the molecule is COC(=O)CC(NC(=O)c1ccc(-n2nc(C)cc2C)nc1)c1cccc(Br)c1. The lowest BCUT2D eigenvalue weighted by atomic mass is 10.0. The first-order valence-corrected chi connectivity index (χ1v) is 9.79. The Hall–Kier alpha value is -3.00. The van der Waals surface area contributed by atoms with Crippen LogP contribution in [0.1, 0.15) is 39.8 Å². The second-order valence-corrected chi connectivity index (χ2v) is 7.52. The number of rotatable bonds is 6. The van der Waals surface area contributed by atoms with Crippen molar-refractivity contribution in [2.75, 3.05) is 7.11 Å². The molecule has 2 heterocycles. The Balaban J connectivity index is 1.80. The number of carbonyl (C=O) groups excluding carboxylic acids is 2. The van der Waals surface area contributed by atoms with Crippen molar-refractivity contribution in [2.24, 2.45) is 0 Å². The van der Waals surface area contributed by atoms with Crippen LogP contribution in [0.5, 0.6) is 0 Å². The number of hydrogen-bond acceptors (Lipinski definition) is 5. The molecule has 1 atom stereocenters. The predicted molar refractivity (Wildman–Crippen MR) is 112 cm³/mol. The molecule has 3 rings (SSSR count). The number of ether oxygens (including phenoxy) is 1. The molecule has 1 unspecified atom stereocenters. The lowest BCUT2D eigenvalue weighted by Crippen LogP contribution is -2.30. The van der Waals surface area contributed by atoms with Crippen LogP contribution in [0.3, 0.4) is 0 Å². The Bertz CT molecular complexity index is 1030. The van der Waals surface area contributed by atoms with E-state index in [1.165, 1.54) is 13.3 Å². The summed E-state index contributed by atoms with van der Waals surface area (Å²) in [5.74, 6) is -0.107. The fourth-order valence-electron chi connectivity index (χ4n) is 2.97. The van der Waals surface area contributed by atoms with E-state index in [1.807, 2.05) is 44.2 Å². The molecule has 3 aromatic rings. The largest absolute Gasteiger partial charge is 0.469 e. The minimum Gasteiger partial charge on any atom is -0.469 e. The number of nitrogens with one attached hydrogen (secondary N) is 1. The smallest absolute Gasteiger partial charge is 0.307 e. The molecular formula is C21H21BrN4O3. The third-order valence-electron chi connectivity index (χ3n) is 4.39. The lowest BCUT2D eigenvalue weighted by Gasteiger charge is -2.18. The summed E-state index contributed by atoms with van der Waals surface area (Å²) in [4.78, 5) is 28.9. The van der Waals surface area contributed by atoms with Crippen LogP contribution in [-0.2, 0) is 9.53 Å². The van der Waals surface area contributed by atoms with Crippen molar-refractivity contribution in [3.8, 4) is 5.82 Å². The van der Waals surface area contributed by atoms with Crippen molar-refractivity contribution in [3.63, 3.8) is 0 Å². The zero-order chi connectivity index (χ0) is 21.0. The molecule has 29 heavy (non-hydrogen) atoms. The van der Waals surface area contributed by atoms with Crippen LogP contribution in [-0.4, -0.2) is 33.8 Å². The van der Waals surface area contributed by atoms with Crippen LogP contribution >= 0.6 is 15.9 Å². The maximum Gasteiger partial charge on any atom is 0.307 e. The first-order chi connectivity index (χ1) is 13.9. The molecule has 0 fully saturated rings. The minimum atomic E-state index is -0.525. The molecule has 1 amide bonds. The second-order valence-electron chi connectivity index (χ2n) is 6.61. The van der Waals surface area contributed by atoms with Crippen LogP contribution in [0.4, 0.5) is 0 Å². The number of methoxy groups -OCH3 is 1. The van der Waals surface area contributed by atoms with Gasteiger partial charge < -0.3 is 10.1 Å². The van der Waals surface area contributed by atoms with Crippen LogP contribution in [0, 0.1) is 13.8 Å². The molecule has 0 aliphatic carbocycles. The van der Waals surface area contributed by atoms with Gasteiger partial charge in [-0.2, -0.15) is 5.10 Å². The normalized spacial score (nSPS) is 11.7. The van der Waals surface area contributed by atoms with E-state index in [4.69, 9.17) is 4.74 Å². The summed E-state index contributed by atoms with van der Waals surface area (Å²) in [5, 5.41) is 7.28. The number of nitrogens with zero attached hydrogens (tertiary/aromatic N) is 3. The van der Waals surface area contributed by atoms with Gasteiger partial charge in [0.25, 0.3) is 5.91 Å². The number of halogens is 1. The number of pyridine rings is 1. The van der Waals surface area contributed by atoms with E-state index in [-0.39, 0.29) is 12.3 Å². The van der Waals surface area contributed by atoms with E-state index < -0.39 is 12.0 Å². The molecule has 1 aromatic carbocycles. The van der Waals surface area contributed by atoms with Gasteiger partial charge in [0.2, 0.25) is 0 Å². The zero-order valence-corrected chi connectivity index (χ0v) is 17.9. The average Bonchev–Trinajstić information content (AvgIpc) is 3.05. The standard InChI is InChI=1S/C21H21BrN4O3/c1-13-9-14(2)26(25-13)19-8-7-16(12-23-19)21(28)24-18(11-20(27)29-3)15-5-4-6-17(22)10-15/h4-10,12,18H,11H2,1-3H3,(H,24,28). The average molecular weight is 457 g/mol. The van der Waals surface area contributed by atoms with E-state index >= 15 is 0 Å². The highest BCUT2D eigenvalue weighted by Gasteiger charge is 2.20. The Morgan fingerprint density at radius 3 is 2.59 bits per heavy atom. The lowest BCUT2D eigenvalue weighted by molar-refractivity contribution is -0.141. The highest BCUT2D eigenvalue weighted by molar-refractivity contribution is 9.10. The summed E-state index contributed by atoms with van der Waals surface area (Å²) in [6, 6.07) is 12.3. The Kier molecular flexibility index (Phi) is 6.43. The number of esters is 1. The highest BCUT2D eigenvalue weighted by Crippen LogP contribution is 2.22. The van der Waals surface area contributed by atoms with Crippen LogP contribution in [0.2, 0.25) is 0 Å². The van der Waals surface area contributed by atoms with E-state index in [9.17, 15) is 9.59 Å². The minimum absolute atomic E-state index is 0.0238. The topological polar surface area (TPSA) is 86.1 Å². The summed E-state index contributed by atoms with van der Waals surface area (Å²) in [6.07, 6.45) is 1.52.